The highest BCUT2D eigenvalue weighted by molar-refractivity contribution is 7.05. The van der Waals surface area contributed by atoms with Crippen LogP contribution < -0.4 is 11.3 Å². The van der Waals surface area contributed by atoms with Crippen LogP contribution in [0, 0.1) is 0 Å². The Kier molecular flexibility index (Phi) is 4.74. The molecule has 0 radical (unpaired) electrons. The number of hydrogen-bond acceptors (Lipinski definition) is 6. The van der Waals surface area contributed by atoms with Gasteiger partial charge in [-0.1, -0.05) is 17.8 Å². The van der Waals surface area contributed by atoms with Crippen LogP contribution in [0.25, 0.3) is 0 Å². The van der Waals surface area contributed by atoms with Crippen LogP contribution in [-0.2, 0) is 12.8 Å². The van der Waals surface area contributed by atoms with Crippen molar-refractivity contribution in [3.63, 3.8) is 0 Å². The molecule has 3 N–H and O–H groups in total. The molecule has 0 bridgehead atoms. The average Bonchev–Trinajstić information content (AvgIpc) is 2.86. The van der Waals surface area contributed by atoms with E-state index >= 15 is 0 Å². The molecule has 1 atom stereocenters. The summed E-state index contributed by atoms with van der Waals surface area (Å²) in [7, 11) is 0. The topological polar surface area (TPSA) is 76.7 Å². The van der Waals surface area contributed by atoms with Crippen molar-refractivity contribution < 1.29 is 0 Å². The molecule has 2 aromatic heterocycles. The van der Waals surface area contributed by atoms with Crippen LogP contribution in [-0.4, -0.2) is 14.6 Å². The molecule has 0 aromatic carbocycles. The van der Waals surface area contributed by atoms with E-state index in [1.807, 2.05) is 12.1 Å². The van der Waals surface area contributed by atoms with Gasteiger partial charge in [-0.3, -0.25) is 16.3 Å². The predicted octanol–water partition coefficient (Wildman–Crippen LogP) is 1.63. The molecular weight excluding hydrogens is 246 g/mol. The number of hydrazine groups is 1. The van der Waals surface area contributed by atoms with Gasteiger partial charge in [0.1, 0.15) is 0 Å². The van der Waals surface area contributed by atoms with Crippen LogP contribution in [0.1, 0.15) is 35.5 Å². The number of nitrogens with zero attached hydrogens (tertiary/aromatic N) is 3. The second-order valence-electron chi connectivity index (χ2n) is 4.11. The van der Waals surface area contributed by atoms with Crippen molar-refractivity contribution in [3.8, 4) is 0 Å². The Labute approximate surface area is 111 Å². The minimum Gasteiger partial charge on any atom is -0.271 e. The highest BCUT2D eigenvalue weighted by Crippen LogP contribution is 2.24. The lowest BCUT2D eigenvalue weighted by Crippen LogP contribution is -2.29. The molecule has 1 unspecified atom stereocenters. The Bertz CT molecular complexity index is 470. The molecule has 0 aliphatic heterocycles. The normalized spacial score (nSPS) is 12.6. The van der Waals surface area contributed by atoms with Crippen LogP contribution in [0.5, 0.6) is 0 Å². The molecule has 6 heteroatoms. The first-order valence-corrected chi connectivity index (χ1v) is 6.78. The maximum absolute atomic E-state index is 5.66. The summed E-state index contributed by atoms with van der Waals surface area (Å²) < 4.78 is 4.03. The maximum Gasteiger partial charge on any atom is 0.0804 e. The molecule has 18 heavy (non-hydrogen) atoms. The zero-order chi connectivity index (χ0) is 12.8. The molecular formula is C12H17N5S. The number of nitrogens with two attached hydrogens (primary N) is 1. The van der Waals surface area contributed by atoms with E-state index in [0.29, 0.717) is 0 Å². The second kappa shape index (κ2) is 6.53. The van der Waals surface area contributed by atoms with Gasteiger partial charge < -0.3 is 0 Å². The molecule has 0 aliphatic rings. The Morgan fingerprint density at radius 3 is 2.83 bits per heavy atom. The van der Waals surface area contributed by atoms with Crippen molar-refractivity contribution in [2.45, 2.75) is 32.2 Å². The van der Waals surface area contributed by atoms with Gasteiger partial charge in [-0.2, -0.15) is 0 Å². The van der Waals surface area contributed by atoms with Crippen molar-refractivity contribution in [2.75, 3.05) is 0 Å². The highest BCUT2D eigenvalue weighted by atomic mass is 32.1. The number of aryl methyl sites for hydroxylation is 1. The van der Waals surface area contributed by atoms with Gasteiger partial charge in [0.05, 0.1) is 16.6 Å². The Morgan fingerprint density at radius 2 is 2.17 bits per heavy atom. The summed E-state index contributed by atoms with van der Waals surface area (Å²) >= 11 is 1.42. The van der Waals surface area contributed by atoms with Gasteiger partial charge in [-0.15, -0.1) is 5.10 Å². The lowest BCUT2D eigenvalue weighted by atomic mass is 10.0. The van der Waals surface area contributed by atoms with Crippen LogP contribution in [0.15, 0.2) is 24.5 Å². The third-order valence-electron chi connectivity index (χ3n) is 2.78. The summed E-state index contributed by atoms with van der Waals surface area (Å²) in [5.74, 6) is 5.66. The molecule has 0 aliphatic carbocycles. The average molecular weight is 263 g/mol. The number of pyridine rings is 1. The third-order valence-corrected chi connectivity index (χ3v) is 3.66. The van der Waals surface area contributed by atoms with E-state index < -0.39 is 0 Å². The molecule has 2 aromatic rings. The molecule has 2 heterocycles. The first-order chi connectivity index (χ1) is 8.85. The fourth-order valence-corrected chi connectivity index (χ4v) is 2.63. The Balaban J connectivity index is 2.15. The van der Waals surface area contributed by atoms with Crippen LogP contribution in [0.4, 0.5) is 0 Å². The van der Waals surface area contributed by atoms with E-state index in [1.54, 1.807) is 12.4 Å². The van der Waals surface area contributed by atoms with E-state index in [1.165, 1.54) is 17.1 Å². The first kappa shape index (κ1) is 13.1. The maximum atomic E-state index is 5.66. The zero-order valence-corrected chi connectivity index (χ0v) is 11.2. The summed E-state index contributed by atoms with van der Waals surface area (Å²) in [5, 5.41) is 4.18. The van der Waals surface area contributed by atoms with E-state index in [0.717, 1.165) is 29.8 Å². The molecule has 0 fully saturated rings. The van der Waals surface area contributed by atoms with Crippen LogP contribution in [0.3, 0.4) is 0 Å². The molecule has 0 saturated heterocycles. The lowest BCUT2D eigenvalue weighted by molar-refractivity contribution is 0.553. The van der Waals surface area contributed by atoms with Crippen molar-refractivity contribution in [3.05, 3.63) is 40.7 Å². The van der Waals surface area contributed by atoms with Gasteiger partial charge in [-0.25, -0.2) is 0 Å². The quantitative estimate of drug-likeness (QED) is 0.612. The Morgan fingerprint density at radius 1 is 1.39 bits per heavy atom. The molecule has 0 amide bonds. The van der Waals surface area contributed by atoms with Gasteiger partial charge in [0, 0.05) is 12.4 Å². The minimum absolute atomic E-state index is 0.0638. The number of aromatic nitrogens is 3. The summed E-state index contributed by atoms with van der Waals surface area (Å²) in [5.41, 5.74) is 5.11. The monoisotopic (exact) mass is 263 g/mol. The largest absolute Gasteiger partial charge is 0.271 e. The molecule has 0 spiro atoms. The van der Waals surface area contributed by atoms with Crippen molar-refractivity contribution in [2.24, 2.45) is 5.84 Å². The van der Waals surface area contributed by atoms with Crippen LogP contribution >= 0.6 is 11.5 Å². The van der Waals surface area contributed by atoms with Crippen molar-refractivity contribution >= 4 is 11.5 Å². The first-order valence-electron chi connectivity index (χ1n) is 6.01. The summed E-state index contributed by atoms with van der Waals surface area (Å²) in [6, 6.07) is 4.06. The lowest BCUT2D eigenvalue weighted by Gasteiger charge is -2.14. The smallest absolute Gasteiger partial charge is 0.0804 e. The molecule has 96 valence electrons. The van der Waals surface area contributed by atoms with E-state index in [9.17, 15) is 0 Å². The second-order valence-corrected chi connectivity index (χ2v) is 4.90. The fourth-order valence-electron chi connectivity index (χ4n) is 1.87. The molecule has 0 saturated carbocycles. The van der Waals surface area contributed by atoms with Gasteiger partial charge in [-0.05, 0) is 42.1 Å². The summed E-state index contributed by atoms with van der Waals surface area (Å²) in [4.78, 5) is 5.15. The van der Waals surface area contributed by atoms with Crippen molar-refractivity contribution in [1.29, 1.82) is 0 Å². The predicted molar refractivity (Wildman–Crippen MR) is 71.9 cm³/mol. The summed E-state index contributed by atoms with van der Waals surface area (Å²) in [6.07, 6.45) is 6.41. The number of nitrogens with one attached hydrogen (secondary N) is 1. The van der Waals surface area contributed by atoms with Crippen molar-refractivity contribution in [1.82, 2.24) is 20.0 Å². The standard InChI is InChI=1S/C12H17N5S/c1-2-3-10-12(18-17-16-10)11(15-13)8-9-4-6-14-7-5-9/h4-7,11,15H,2-3,8,13H2,1H3. The molecule has 2 rings (SSSR count). The fraction of sp³-hybridized carbons (Fsp3) is 0.417. The van der Waals surface area contributed by atoms with E-state index in [-0.39, 0.29) is 6.04 Å². The van der Waals surface area contributed by atoms with Gasteiger partial charge in [0.25, 0.3) is 0 Å². The highest BCUT2D eigenvalue weighted by Gasteiger charge is 2.18. The van der Waals surface area contributed by atoms with Gasteiger partial charge >= 0.3 is 0 Å². The number of hydrogen-bond donors (Lipinski definition) is 2. The minimum atomic E-state index is 0.0638. The Hall–Kier alpha value is -1.37. The van der Waals surface area contributed by atoms with Gasteiger partial charge in [0.15, 0.2) is 0 Å². The molecule has 5 nitrogen and oxygen atoms in total. The van der Waals surface area contributed by atoms with Crippen LogP contribution in [0.2, 0.25) is 0 Å². The zero-order valence-electron chi connectivity index (χ0n) is 10.3. The van der Waals surface area contributed by atoms with E-state index in [4.69, 9.17) is 5.84 Å². The third kappa shape index (κ3) is 3.10. The SMILES string of the molecule is CCCc1nnsc1C(Cc1ccncc1)NN. The van der Waals surface area contributed by atoms with E-state index in [2.05, 4.69) is 26.9 Å². The number of rotatable bonds is 6. The summed E-state index contributed by atoms with van der Waals surface area (Å²) in [6.45, 7) is 2.14. The van der Waals surface area contributed by atoms with Gasteiger partial charge in [0.2, 0.25) is 0 Å².